The van der Waals surface area contributed by atoms with E-state index < -0.39 is 0 Å². The zero-order chi connectivity index (χ0) is 22.3. The summed E-state index contributed by atoms with van der Waals surface area (Å²) < 4.78 is 10.8. The Labute approximate surface area is 191 Å². The van der Waals surface area contributed by atoms with Gasteiger partial charge in [-0.15, -0.1) is 0 Å². The predicted octanol–water partition coefficient (Wildman–Crippen LogP) is 3.44. The zero-order valence-electron chi connectivity index (χ0n) is 19.4. The van der Waals surface area contributed by atoms with Crippen LogP contribution < -0.4 is 9.64 Å². The number of anilines is 1. The summed E-state index contributed by atoms with van der Waals surface area (Å²) in [6.07, 6.45) is 1.86. The van der Waals surface area contributed by atoms with Gasteiger partial charge in [-0.2, -0.15) is 0 Å². The van der Waals surface area contributed by atoms with E-state index in [9.17, 15) is 4.79 Å². The molecule has 0 radical (unpaired) electrons. The molecule has 0 aromatic heterocycles. The van der Waals surface area contributed by atoms with Crippen molar-refractivity contribution in [3.63, 3.8) is 0 Å². The molecule has 0 unspecified atom stereocenters. The van der Waals surface area contributed by atoms with E-state index in [-0.39, 0.29) is 5.91 Å². The Bertz CT molecular complexity index is 892. The van der Waals surface area contributed by atoms with E-state index >= 15 is 0 Å². The number of hydrogen-bond acceptors (Lipinski definition) is 5. The normalized spacial score (nSPS) is 16.5. The van der Waals surface area contributed by atoms with Gasteiger partial charge in [-0.3, -0.25) is 9.69 Å². The number of carbonyl (C=O) groups is 1. The Balaban J connectivity index is 1.30. The van der Waals surface area contributed by atoms with Gasteiger partial charge in [-0.1, -0.05) is 13.0 Å². The second-order valence-corrected chi connectivity index (χ2v) is 8.60. The van der Waals surface area contributed by atoms with Gasteiger partial charge in [0.2, 0.25) is 0 Å². The van der Waals surface area contributed by atoms with Crippen molar-refractivity contribution < 1.29 is 14.3 Å². The lowest BCUT2D eigenvalue weighted by atomic mass is 9.99. The lowest BCUT2D eigenvalue weighted by Crippen LogP contribution is -2.49. The van der Waals surface area contributed by atoms with Gasteiger partial charge >= 0.3 is 0 Å². The first kappa shape index (κ1) is 22.6. The molecule has 1 saturated heterocycles. The third-order valence-electron chi connectivity index (χ3n) is 6.50. The summed E-state index contributed by atoms with van der Waals surface area (Å²) in [7, 11) is 1.70. The SMILES string of the molecule is CCCN(CCN1CCN(c2ccc(OC)cc2)CC1)C(=O)c1ccc2c(c1)CCOC2. The minimum atomic E-state index is 0.151. The van der Waals surface area contributed by atoms with Crippen molar-refractivity contribution in [2.75, 3.05) is 64.4 Å². The number of rotatable bonds is 8. The maximum Gasteiger partial charge on any atom is 0.253 e. The molecule has 2 heterocycles. The molecule has 2 aromatic rings. The van der Waals surface area contributed by atoms with Crippen LogP contribution >= 0.6 is 0 Å². The Morgan fingerprint density at radius 2 is 1.81 bits per heavy atom. The Kier molecular flexibility index (Phi) is 7.66. The van der Waals surface area contributed by atoms with Gasteiger partial charge in [0.1, 0.15) is 5.75 Å². The molecule has 6 heteroatoms. The van der Waals surface area contributed by atoms with Gasteiger partial charge in [-0.05, 0) is 60.4 Å². The molecule has 2 aliphatic rings. The van der Waals surface area contributed by atoms with E-state index in [2.05, 4.69) is 41.0 Å². The van der Waals surface area contributed by atoms with Crippen LogP contribution in [-0.2, 0) is 17.8 Å². The number of carbonyl (C=O) groups excluding carboxylic acids is 1. The number of amides is 1. The first-order valence-corrected chi connectivity index (χ1v) is 11.8. The van der Waals surface area contributed by atoms with Gasteiger partial charge in [0, 0.05) is 57.1 Å². The molecule has 32 heavy (non-hydrogen) atoms. The summed E-state index contributed by atoms with van der Waals surface area (Å²) in [6, 6.07) is 14.4. The second-order valence-electron chi connectivity index (χ2n) is 8.60. The number of methoxy groups -OCH3 is 1. The molecule has 0 atom stereocenters. The number of fused-ring (bicyclic) bond motifs is 1. The van der Waals surface area contributed by atoms with E-state index in [0.717, 1.165) is 76.6 Å². The van der Waals surface area contributed by atoms with Crippen LogP contribution in [0.25, 0.3) is 0 Å². The van der Waals surface area contributed by atoms with Gasteiger partial charge in [0.15, 0.2) is 0 Å². The first-order valence-electron chi connectivity index (χ1n) is 11.8. The molecule has 1 amide bonds. The minimum absolute atomic E-state index is 0.151. The zero-order valence-corrected chi connectivity index (χ0v) is 19.4. The van der Waals surface area contributed by atoms with Gasteiger partial charge in [0.05, 0.1) is 20.3 Å². The van der Waals surface area contributed by atoms with Gasteiger partial charge in [0.25, 0.3) is 5.91 Å². The fourth-order valence-corrected chi connectivity index (χ4v) is 4.55. The fraction of sp³-hybridized carbons (Fsp3) is 0.500. The van der Waals surface area contributed by atoms with E-state index in [1.165, 1.54) is 16.8 Å². The molecular formula is C26H35N3O3. The largest absolute Gasteiger partial charge is 0.497 e. The van der Waals surface area contributed by atoms with E-state index in [0.29, 0.717) is 6.61 Å². The van der Waals surface area contributed by atoms with Crippen LogP contribution in [0.5, 0.6) is 5.75 Å². The van der Waals surface area contributed by atoms with E-state index in [1.807, 2.05) is 23.1 Å². The maximum atomic E-state index is 13.2. The van der Waals surface area contributed by atoms with Crippen LogP contribution in [0.15, 0.2) is 42.5 Å². The smallest absolute Gasteiger partial charge is 0.253 e. The quantitative estimate of drug-likeness (QED) is 0.633. The Morgan fingerprint density at radius 3 is 2.53 bits per heavy atom. The highest BCUT2D eigenvalue weighted by Crippen LogP contribution is 2.21. The van der Waals surface area contributed by atoms with Crippen LogP contribution in [-0.4, -0.2) is 75.2 Å². The molecule has 1 fully saturated rings. The standard InChI is InChI=1S/C26H35N3O3/c1-3-11-29(26(30)22-4-5-23-20-32-18-10-21(23)19-22)17-14-27-12-15-28(16-13-27)24-6-8-25(31-2)9-7-24/h4-9,19H,3,10-18,20H2,1-2H3. The molecule has 2 aliphatic heterocycles. The topological polar surface area (TPSA) is 45.2 Å². The number of piperazine rings is 1. The molecule has 0 saturated carbocycles. The molecule has 0 N–H and O–H groups in total. The van der Waals surface area contributed by atoms with Crippen molar-refractivity contribution in [2.45, 2.75) is 26.4 Å². The number of ether oxygens (including phenoxy) is 2. The monoisotopic (exact) mass is 437 g/mol. The molecular weight excluding hydrogens is 402 g/mol. The van der Waals surface area contributed by atoms with Crippen molar-refractivity contribution in [2.24, 2.45) is 0 Å². The van der Waals surface area contributed by atoms with Crippen molar-refractivity contribution in [3.05, 3.63) is 59.2 Å². The van der Waals surface area contributed by atoms with Crippen LogP contribution in [0.4, 0.5) is 5.69 Å². The first-order chi connectivity index (χ1) is 15.7. The van der Waals surface area contributed by atoms with Gasteiger partial charge in [-0.25, -0.2) is 0 Å². The van der Waals surface area contributed by atoms with Crippen molar-refractivity contribution in [1.29, 1.82) is 0 Å². The summed E-state index contributed by atoms with van der Waals surface area (Å²) in [5.74, 6) is 1.04. The number of nitrogens with zero attached hydrogens (tertiary/aromatic N) is 3. The highest BCUT2D eigenvalue weighted by molar-refractivity contribution is 5.94. The Morgan fingerprint density at radius 1 is 1.03 bits per heavy atom. The third kappa shape index (κ3) is 5.43. The number of benzene rings is 2. The molecule has 2 aromatic carbocycles. The van der Waals surface area contributed by atoms with Crippen LogP contribution in [0.2, 0.25) is 0 Å². The van der Waals surface area contributed by atoms with Crippen molar-refractivity contribution in [3.8, 4) is 5.75 Å². The second kappa shape index (κ2) is 10.8. The Hall–Kier alpha value is -2.57. The van der Waals surface area contributed by atoms with Crippen LogP contribution in [0.1, 0.15) is 34.8 Å². The highest BCUT2D eigenvalue weighted by Gasteiger charge is 2.21. The predicted molar refractivity (Wildman–Crippen MR) is 128 cm³/mol. The average molecular weight is 438 g/mol. The number of hydrogen-bond donors (Lipinski definition) is 0. The summed E-state index contributed by atoms with van der Waals surface area (Å²) in [4.78, 5) is 20.2. The summed E-state index contributed by atoms with van der Waals surface area (Å²) in [5, 5.41) is 0. The van der Waals surface area contributed by atoms with Crippen molar-refractivity contribution in [1.82, 2.24) is 9.80 Å². The van der Waals surface area contributed by atoms with E-state index in [1.54, 1.807) is 7.11 Å². The maximum absolute atomic E-state index is 13.2. The highest BCUT2D eigenvalue weighted by atomic mass is 16.5. The molecule has 0 bridgehead atoms. The lowest BCUT2D eigenvalue weighted by molar-refractivity contribution is 0.0732. The molecule has 0 aliphatic carbocycles. The molecule has 172 valence electrons. The van der Waals surface area contributed by atoms with Crippen molar-refractivity contribution >= 4 is 11.6 Å². The molecule has 0 spiro atoms. The molecule has 6 nitrogen and oxygen atoms in total. The summed E-state index contributed by atoms with van der Waals surface area (Å²) >= 11 is 0. The summed E-state index contributed by atoms with van der Waals surface area (Å²) in [6.45, 7) is 10.1. The van der Waals surface area contributed by atoms with Crippen LogP contribution in [0, 0.1) is 0 Å². The minimum Gasteiger partial charge on any atom is -0.497 e. The third-order valence-corrected chi connectivity index (χ3v) is 6.50. The van der Waals surface area contributed by atoms with E-state index in [4.69, 9.17) is 9.47 Å². The summed E-state index contributed by atoms with van der Waals surface area (Å²) in [5.41, 5.74) is 4.52. The average Bonchev–Trinajstić information content (AvgIpc) is 2.86. The molecule has 4 rings (SSSR count). The van der Waals surface area contributed by atoms with Crippen LogP contribution in [0.3, 0.4) is 0 Å². The fourth-order valence-electron chi connectivity index (χ4n) is 4.55. The van der Waals surface area contributed by atoms with Gasteiger partial charge < -0.3 is 19.3 Å². The lowest BCUT2D eigenvalue weighted by Gasteiger charge is -2.37.